The molecule has 2 amide bonds. The van der Waals surface area contributed by atoms with Crippen LogP contribution < -0.4 is 10.6 Å². The van der Waals surface area contributed by atoms with Crippen LogP contribution >= 0.6 is 0 Å². The molecule has 0 saturated heterocycles. The number of Topliss-reactive ketones (excluding diaryl/α,β-unsaturated/α-hetero) is 1. The van der Waals surface area contributed by atoms with E-state index in [4.69, 9.17) is 9.47 Å². The van der Waals surface area contributed by atoms with E-state index in [1.54, 1.807) is 0 Å². The van der Waals surface area contributed by atoms with Crippen molar-refractivity contribution in [1.82, 2.24) is 10.6 Å². The van der Waals surface area contributed by atoms with Crippen LogP contribution in [0.15, 0.2) is 11.6 Å². The van der Waals surface area contributed by atoms with Crippen molar-refractivity contribution in [2.75, 3.05) is 6.54 Å². The van der Waals surface area contributed by atoms with Gasteiger partial charge in [0, 0.05) is 25.8 Å². The SMILES string of the molecule is CC(C)CCC[C@@H](C)[C@H]1CCC2C3CC=C4C[C@@H](OC(=O)NCCCC(=O)CCC(=O)O[C@@H]5CCCC[C@H]5NC(=O)C(F)(F)F)CC[C@]4(C)C3CC[C@@]21C. The van der Waals surface area contributed by atoms with Crippen LogP contribution in [0.3, 0.4) is 0 Å². The molecule has 0 heterocycles. The monoisotopic (exact) mass is 764 g/mol. The molecule has 4 fully saturated rings. The lowest BCUT2D eigenvalue weighted by Gasteiger charge is -2.58. The first-order valence-corrected chi connectivity index (χ1v) is 21.2. The second-order valence-corrected chi connectivity index (χ2v) is 18.5. The molecule has 5 aliphatic carbocycles. The number of carbonyl (C=O) groups excluding carboxylic acids is 4. The first-order chi connectivity index (χ1) is 25.5. The Morgan fingerprint density at radius 3 is 2.37 bits per heavy atom. The Hall–Kier alpha value is -2.59. The molecule has 3 unspecified atom stereocenters. The fourth-order valence-corrected chi connectivity index (χ4v) is 11.7. The van der Waals surface area contributed by atoms with Crippen molar-refractivity contribution in [3.63, 3.8) is 0 Å². The maximum Gasteiger partial charge on any atom is 0.471 e. The molecule has 10 atom stereocenters. The summed E-state index contributed by atoms with van der Waals surface area (Å²) in [6, 6.07) is -0.907. The molecule has 0 bridgehead atoms. The van der Waals surface area contributed by atoms with Gasteiger partial charge >= 0.3 is 24.1 Å². The van der Waals surface area contributed by atoms with Crippen LogP contribution in [0, 0.1) is 46.3 Å². The highest BCUT2D eigenvalue weighted by Gasteiger charge is 2.59. The summed E-state index contributed by atoms with van der Waals surface area (Å²) in [7, 11) is 0. The molecular weight excluding hydrogens is 697 g/mol. The summed E-state index contributed by atoms with van der Waals surface area (Å²) in [4.78, 5) is 48.9. The van der Waals surface area contributed by atoms with Crippen LogP contribution in [0.4, 0.5) is 18.0 Å². The third-order valence-electron chi connectivity index (χ3n) is 14.6. The van der Waals surface area contributed by atoms with Crippen molar-refractivity contribution in [1.29, 1.82) is 0 Å². The lowest BCUT2D eigenvalue weighted by molar-refractivity contribution is -0.176. The normalized spacial score (nSPS) is 34.1. The molecule has 0 aromatic carbocycles. The topological polar surface area (TPSA) is 111 Å². The molecule has 2 N–H and O–H groups in total. The number of hydrogen-bond acceptors (Lipinski definition) is 6. The molecular formula is C43H67F3N2O6. The number of carbonyl (C=O) groups is 4. The fraction of sp³-hybridized carbons (Fsp3) is 0.860. The van der Waals surface area contributed by atoms with Gasteiger partial charge in [0.25, 0.3) is 0 Å². The summed E-state index contributed by atoms with van der Waals surface area (Å²) in [6.07, 6.45) is 11.5. The zero-order valence-electron chi connectivity index (χ0n) is 33.5. The third-order valence-corrected chi connectivity index (χ3v) is 14.6. The lowest BCUT2D eigenvalue weighted by atomic mass is 9.47. The summed E-state index contributed by atoms with van der Waals surface area (Å²) >= 11 is 0. The van der Waals surface area contributed by atoms with Crippen molar-refractivity contribution >= 4 is 23.8 Å². The first-order valence-electron chi connectivity index (χ1n) is 21.2. The fourth-order valence-electron chi connectivity index (χ4n) is 11.7. The summed E-state index contributed by atoms with van der Waals surface area (Å²) < 4.78 is 49.3. The first kappa shape index (κ1) is 42.6. The second-order valence-electron chi connectivity index (χ2n) is 18.5. The van der Waals surface area contributed by atoms with Gasteiger partial charge in [-0.05, 0) is 117 Å². The van der Waals surface area contributed by atoms with E-state index in [0.717, 1.165) is 55.3 Å². The summed E-state index contributed by atoms with van der Waals surface area (Å²) in [5, 5.41) is 4.72. The Morgan fingerprint density at radius 1 is 0.870 bits per heavy atom. The molecule has 0 aromatic rings. The van der Waals surface area contributed by atoms with Crippen molar-refractivity contribution in [2.45, 2.75) is 181 Å². The third kappa shape index (κ3) is 10.2. The largest absolute Gasteiger partial charge is 0.471 e. The molecule has 0 aromatic heterocycles. The molecule has 54 heavy (non-hydrogen) atoms. The number of esters is 1. The van der Waals surface area contributed by atoms with E-state index in [2.05, 4.69) is 46.0 Å². The van der Waals surface area contributed by atoms with E-state index >= 15 is 0 Å². The standard InChI is InChI=1S/C43H67F3N2O6/c1-27(2)10-8-11-28(3)33-18-19-34-32-17-15-29-26-31(21-23-41(29,4)35(32)22-24-42(33,34)5)53-40(52)47-25-9-12-30(49)16-20-38(50)54-37-14-7-6-13-36(37)48-39(51)43(44,45)46/h15,27-28,31-37H,6-14,16-26H2,1-5H3,(H,47,52)(H,48,51)/t28-,31+,32?,33-,34?,35?,36-,37-,41+,42-/m1/s1. The number of hydrogen-bond donors (Lipinski definition) is 2. The Morgan fingerprint density at radius 2 is 1.63 bits per heavy atom. The van der Waals surface area contributed by atoms with Crippen LogP contribution in [-0.4, -0.2) is 54.7 Å². The number of fused-ring (bicyclic) bond motifs is 5. The van der Waals surface area contributed by atoms with Gasteiger partial charge in [-0.3, -0.25) is 14.4 Å². The van der Waals surface area contributed by atoms with Crippen LogP contribution in [0.1, 0.15) is 157 Å². The predicted octanol–water partition coefficient (Wildman–Crippen LogP) is 9.79. The summed E-state index contributed by atoms with van der Waals surface area (Å²) in [5.41, 5.74) is 2.11. The number of amides is 2. The molecule has 4 saturated carbocycles. The minimum atomic E-state index is -5.01. The van der Waals surface area contributed by atoms with E-state index in [1.807, 2.05) is 5.32 Å². The van der Waals surface area contributed by atoms with Gasteiger partial charge in [-0.1, -0.05) is 72.0 Å². The van der Waals surface area contributed by atoms with Crippen LogP contribution in [-0.2, 0) is 23.9 Å². The zero-order valence-corrected chi connectivity index (χ0v) is 33.5. The van der Waals surface area contributed by atoms with E-state index in [0.29, 0.717) is 37.0 Å². The lowest BCUT2D eigenvalue weighted by Crippen LogP contribution is -2.51. The molecule has 5 rings (SSSR count). The number of alkyl halides is 3. The minimum Gasteiger partial charge on any atom is -0.460 e. The number of alkyl carbamates (subject to hydrolysis) is 1. The Labute approximate surface area is 321 Å². The Bertz CT molecular complexity index is 1370. The van der Waals surface area contributed by atoms with Gasteiger partial charge in [-0.25, -0.2) is 4.79 Å². The molecule has 11 heteroatoms. The number of nitrogens with one attached hydrogen (secondary N) is 2. The Kier molecular flexibility index (Phi) is 14.3. The predicted molar refractivity (Wildman–Crippen MR) is 201 cm³/mol. The van der Waals surface area contributed by atoms with E-state index in [1.165, 1.54) is 50.5 Å². The maximum absolute atomic E-state index is 12.7. The zero-order chi connectivity index (χ0) is 39.3. The van der Waals surface area contributed by atoms with Gasteiger partial charge < -0.3 is 20.1 Å². The summed E-state index contributed by atoms with van der Waals surface area (Å²) in [6.45, 7) is 12.6. The molecule has 0 spiro atoms. The van der Waals surface area contributed by atoms with E-state index in [-0.39, 0.29) is 49.5 Å². The molecule has 0 radical (unpaired) electrons. The maximum atomic E-state index is 12.7. The van der Waals surface area contributed by atoms with Gasteiger partial charge in [-0.15, -0.1) is 0 Å². The van der Waals surface area contributed by atoms with Gasteiger partial charge in [0.05, 0.1) is 12.5 Å². The van der Waals surface area contributed by atoms with Crippen molar-refractivity contribution in [3.8, 4) is 0 Å². The smallest absolute Gasteiger partial charge is 0.460 e. The average molecular weight is 765 g/mol. The summed E-state index contributed by atoms with van der Waals surface area (Å²) in [5.74, 6) is 1.79. The van der Waals surface area contributed by atoms with Crippen LogP contribution in [0.2, 0.25) is 0 Å². The number of halogens is 3. The van der Waals surface area contributed by atoms with Crippen molar-refractivity contribution in [2.24, 2.45) is 46.3 Å². The molecule has 0 aliphatic heterocycles. The van der Waals surface area contributed by atoms with Crippen LogP contribution in [0.25, 0.3) is 0 Å². The van der Waals surface area contributed by atoms with Gasteiger partial charge in [0.2, 0.25) is 0 Å². The highest BCUT2D eigenvalue weighted by molar-refractivity contribution is 5.83. The van der Waals surface area contributed by atoms with Gasteiger partial charge in [-0.2, -0.15) is 13.2 Å². The van der Waals surface area contributed by atoms with Gasteiger partial charge in [0.15, 0.2) is 0 Å². The van der Waals surface area contributed by atoms with Crippen molar-refractivity contribution < 1.29 is 41.8 Å². The van der Waals surface area contributed by atoms with E-state index in [9.17, 15) is 32.3 Å². The second kappa shape index (κ2) is 18.1. The van der Waals surface area contributed by atoms with E-state index < -0.39 is 36.3 Å². The Balaban J connectivity index is 0.997. The number of allylic oxidation sites excluding steroid dienone is 1. The number of rotatable bonds is 15. The molecule has 8 nitrogen and oxygen atoms in total. The molecule has 5 aliphatic rings. The molecule has 306 valence electrons. The quantitative estimate of drug-likeness (QED) is 0.0977. The highest BCUT2D eigenvalue weighted by atomic mass is 19.4. The number of ether oxygens (including phenoxy) is 2. The highest BCUT2D eigenvalue weighted by Crippen LogP contribution is 2.67. The van der Waals surface area contributed by atoms with Crippen LogP contribution in [0.5, 0.6) is 0 Å². The average Bonchev–Trinajstić information content (AvgIpc) is 3.47. The van der Waals surface area contributed by atoms with Crippen molar-refractivity contribution in [3.05, 3.63) is 11.6 Å². The minimum absolute atomic E-state index is 0.0640. The number of ketones is 1. The van der Waals surface area contributed by atoms with Gasteiger partial charge in [0.1, 0.15) is 18.0 Å².